The van der Waals surface area contributed by atoms with E-state index in [4.69, 9.17) is 11.6 Å². The van der Waals surface area contributed by atoms with Gasteiger partial charge in [0, 0.05) is 31.9 Å². The average molecular weight is 478 g/mol. The van der Waals surface area contributed by atoms with Crippen molar-refractivity contribution in [2.45, 2.75) is 43.4 Å². The number of rotatable bonds is 5. The van der Waals surface area contributed by atoms with E-state index >= 15 is 0 Å². The lowest BCUT2D eigenvalue weighted by atomic mass is 9.97. The van der Waals surface area contributed by atoms with Crippen molar-refractivity contribution in [2.24, 2.45) is 5.92 Å². The van der Waals surface area contributed by atoms with Gasteiger partial charge in [-0.25, -0.2) is 8.42 Å². The zero-order chi connectivity index (χ0) is 22.6. The van der Waals surface area contributed by atoms with Gasteiger partial charge in [0.1, 0.15) is 0 Å². The van der Waals surface area contributed by atoms with E-state index in [1.165, 1.54) is 0 Å². The fraction of sp³-hybridized carbons (Fsp3) is 0.500. The van der Waals surface area contributed by atoms with Gasteiger partial charge in [0.25, 0.3) is 0 Å². The molecule has 0 bridgehead atoms. The first-order chi connectivity index (χ1) is 15.4. The maximum absolute atomic E-state index is 13.1. The van der Waals surface area contributed by atoms with Gasteiger partial charge in [0.05, 0.1) is 10.8 Å². The smallest absolute Gasteiger partial charge is 0.243 e. The fourth-order valence-corrected chi connectivity index (χ4v) is 5.95. The first-order valence-corrected chi connectivity index (χ1v) is 12.9. The predicted molar refractivity (Wildman–Crippen MR) is 124 cm³/mol. The van der Waals surface area contributed by atoms with Gasteiger partial charge in [0.15, 0.2) is 11.0 Å². The minimum atomic E-state index is -3.57. The quantitative estimate of drug-likeness (QED) is 0.707. The minimum absolute atomic E-state index is 0.124. The molecule has 2 aliphatic heterocycles. The molecule has 172 valence electrons. The van der Waals surface area contributed by atoms with Crippen LogP contribution < -0.4 is 10.2 Å². The molecule has 0 radical (unpaired) electrons. The number of piperidine rings is 1. The van der Waals surface area contributed by atoms with E-state index in [1.54, 1.807) is 40.7 Å². The molecule has 4 rings (SSSR count). The largest absolute Gasteiger partial charge is 0.354 e. The van der Waals surface area contributed by atoms with Crippen LogP contribution in [0.3, 0.4) is 0 Å². The topological polar surface area (TPSA) is 95.5 Å². The Morgan fingerprint density at radius 3 is 2.50 bits per heavy atom. The summed E-state index contributed by atoms with van der Waals surface area (Å²) >= 11 is 5.82. The van der Waals surface area contributed by atoms with Crippen LogP contribution in [0.2, 0.25) is 5.15 Å². The molecule has 2 aliphatic rings. The Morgan fingerprint density at radius 2 is 1.78 bits per heavy atom. The third-order valence-electron chi connectivity index (χ3n) is 6.04. The summed E-state index contributed by atoms with van der Waals surface area (Å²) in [5.41, 5.74) is 0.495. The molecule has 2 aromatic rings. The van der Waals surface area contributed by atoms with E-state index in [0.717, 1.165) is 45.1 Å². The number of halogens is 1. The van der Waals surface area contributed by atoms with E-state index < -0.39 is 10.0 Å². The summed E-state index contributed by atoms with van der Waals surface area (Å²) < 4.78 is 27.7. The van der Waals surface area contributed by atoms with Gasteiger partial charge < -0.3 is 10.2 Å². The third-order valence-corrected chi connectivity index (χ3v) is 8.13. The molecule has 0 saturated carbocycles. The van der Waals surface area contributed by atoms with Gasteiger partial charge in [-0.05, 0) is 56.0 Å². The number of anilines is 2. The molecule has 8 nitrogen and oxygen atoms in total. The lowest BCUT2D eigenvalue weighted by molar-refractivity contribution is -0.120. The molecule has 32 heavy (non-hydrogen) atoms. The summed E-state index contributed by atoms with van der Waals surface area (Å²) in [6.45, 7) is 2.41. The van der Waals surface area contributed by atoms with E-state index in [1.807, 2.05) is 4.90 Å². The van der Waals surface area contributed by atoms with Crippen LogP contribution in [0, 0.1) is 5.92 Å². The Kier molecular flexibility index (Phi) is 7.27. The SMILES string of the molecule is O=C(Nc1cccc(S(=O)(=O)N2CCCCCC2)c1)C1CCCN(c2ccc(Cl)nn2)C1. The van der Waals surface area contributed by atoms with E-state index in [-0.39, 0.29) is 16.7 Å². The second kappa shape index (κ2) is 10.1. The number of aromatic nitrogens is 2. The molecule has 1 amide bonds. The summed E-state index contributed by atoms with van der Waals surface area (Å²) in [6.07, 6.45) is 5.49. The number of benzene rings is 1. The van der Waals surface area contributed by atoms with Crippen LogP contribution in [-0.2, 0) is 14.8 Å². The molecule has 2 saturated heterocycles. The second-order valence-corrected chi connectivity index (χ2v) is 10.7. The Hall–Kier alpha value is -2.23. The Labute approximate surface area is 194 Å². The van der Waals surface area contributed by atoms with Crippen LogP contribution in [-0.4, -0.2) is 55.0 Å². The van der Waals surface area contributed by atoms with Crippen LogP contribution in [0.1, 0.15) is 38.5 Å². The first-order valence-electron chi connectivity index (χ1n) is 11.1. The Bertz CT molecular complexity index is 1040. The molecule has 3 heterocycles. The molecule has 0 aliphatic carbocycles. The van der Waals surface area contributed by atoms with Crippen LogP contribution in [0.5, 0.6) is 0 Å². The summed E-state index contributed by atoms with van der Waals surface area (Å²) in [7, 11) is -3.57. The molecular formula is C22H28ClN5O3S. The van der Waals surface area contributed by atoms with Crippen molar-refractivity contribution >= 4 is 39.0 Å². The predicted octanol–water partition coefficient (Wildman–Crippen LogP) is 3.55. The maximum atomic E-state index is 13.1. The third kappa shape index (κ3) is 5.39. The summed E-state index contributed by atoms with van der Waals surface area (Å²) in [5.74, 6) is 0.338. The van der Waals surface area contributed by atoms with Crippen molar-refractivity contribution < 1.29 is 13.2 Å². The second-order valence-electron chi connectivity index (χ2n) is 8.33. The number of carbonyl (C=O) groups is 1. The monoisotopic (exact) mass is 477 g/mol. The molecule has 1 aromatic heterocycles. The number of nitrogens with zero attached hydrogens (tertiary/aromatic N) is 4. The summed E-state index contributed by atoms with van der Waals surface area (Å²) in [5, 5.41) is 11.2. The van der Waals surface area contributed by atoms with E-state index in [0.29, 0.717) is 36.3 Å². The van der Waals surface area contributed by atoms with Crippen LogP contribution in [0.25, 0.3) is 0 Å². The standard InChI is InChI=1S/C22H28ClN5O3S/c23-20-10-11-21(26-25-20)27-12-6-7-17(16-27)22(29)24-18-8-5-9-19(15-18)32(30,31)28-13-3-1-2-4-14-28/h5,8-11,15,17H,1-4,6-7,12-14,16H2,(H,24,29). The van der Waals surface area contributed by atoms with Crippen molar-refractivity contribution in [2.75, 3.05) is 36.4 Å². The molecule has 2 fully saturated rings. The molecule has 10 heteroatoms. The molecule has 1 unspecified atom stereocenters. The molecule has 0 spiro atoms. The molecule has 1 aromatic carbocycles. The Balaban J connectivity index is 1.43. The van der Waals surface area contributed by atoms with Crippen molar-refractivity contribution in [3.05, 3.63) is 41.6 Å². The zero-order valence-corrected chi connectivity index (χ0v) is 19.5. The highest BCUT2D eigenvalue weighted by Gasteiger charge is 2.28. The van der Waals surface area contributed by atoms with Crippen LogP contribution >= 0.6 is 11.6 Å². The fourth-order valence-electron chi connectivity index (χ4n) is 4.29. The lowest BCUT2D eigenvalue weighted by Gasteiger charge is -2.32. The highest BCUT2D eigenvalue weighted by atomic mass is 35.5. The van der Waals surface area contributed by atoms with Crippen molar-refractivity contribution in [3.8, 4) is 0 Å². The number of amides is 1. The van der Waals surface area contributed by atoms with Crippen molar-refractivity contribution in [1.29, 1.82) is 0 Å². The number of hydrogen-bond acceptors (Lipinski definition) is 6. The van der Waals surface area contributed by atoms with Crippen molar-refractivity contribution in [3.63, 3.8) is 0 Å². The number of carbonyl (C=O) groups excluding carboxylic acids is 1. The number of sulfonamides is 1. The van der Waals surface area contributed by atoms with Crippen molar-refractivity contribution in [1.82, 2.24) is 14.5 Å². The van der Waals surface area contributed by atoms with Gasteiger partial charge in [0.2, 0.25) is 15.9 Å². The lowest BCUT2D eigenvalue weighted by Crippen LogP contribution is -2.41. The molecule has 1 N–H and O–H groups in total. The van der Waals surface area contributed by atoms with Crippen LogP contribution in [0.15, 0.2) is 41.3 Å². The minimum Gasteiger partial charge on any atom is -0.354 e. The van der Waals surface area contributed by atoms with Gasteiger partial charge in [-0.2, -0.15) is 4.31 Å². The maximum Gasteiger partial charge on any atom is 0.243 e. The highest BCUT2D eigenvalue weighted by Crippen LogP contribution is 2.25. The highest BCUT2D eigenvalue weighted by molar-refractivity contribution is 7.89. The van der Waals surface area contributed by atoms with E-state index in [9.17, 15) is 13.2 Å². The van der Waals surface area contributed by atoms with Crippen LogP contribution in [0.4, 0.5) is 11.5 Å². The summed E-state index contributed by atoms with van der Waals surface area (Å²) in [6, 6.07) is 10.0. The van der Waals surface area contributed by atoms with Gasteiger partial charge in [-0.15, -0.1) is 10.2 Å². The zero-order valence-electron chi connectivity index (χ0n) is 17.9. The first kappa shape index (κ1) is 22.9. The van der Waals surface area contributed by atoms with Gasteiger partial charge in [-0.3, -0.25) is 4.79 Å². The summed E-state index contributed by atoms with van der Waals surface area (Å²) in [4.78, 5) is 15.2. The number of hydrogen-bond donors (Lipinski definition) is 1. The normalized spacial score (nSPS) is 20.5. The van der Waals surface area contributed by atoms with E-state index in [2.05, 4.69) is 15.5 Å². The van der Waals surface area contributed by atoms with Gasteiger partial charge >= 0.3 is 0 Å². The average Bonchev–Trinajstić information content (AvgIpc) is 3.10. The van der Waals surface area contributed by atoms with Gasteiger partial charge in [-0.1, -0.05) is 30.5 Å². The molecule has 1 atom stereocenters. The Morgan fingerprint density at radius 1 is 1.00 bits per heavy atom. The molecular weight excluding hydrogens is 450 g/mol. The number of nitrogens with one attached hydrogen (secondary N) is 1.